The maximum atomic E-state index is 12.9. The summed E-state index contributed by atoms with van der Waals surface area (Å²) in [6.45, 7) is 5.50. The highest BCUT2D eigenvalue weighted by atomic mass is 19.1. The number of hydrogen-bond donors (Lipinski definition) is 2. The van der Waals surface area contributed by atoms with Crippen LogP contribution < -0.4 is 10.6 Å². The summed E-state index contributed by atoms with van der Waals surface area (Å²) in [7, 11) is 0. The van der Waals surface area contributed by atoms with Gasteiger partial charge in [-0.25, -0.2) is 4.39 Å². The predicted octanol–water partition coefficient (Wildman–Crippen LogP) is 1.40. The summed E-state index contributed by atoms with van der Waals surface area (Å²) < 4.78 is 12.9. The van der Waals surface area contributed by atoms with E-state index in [0.29, 0.717) is 5.56 Å². The van der Waals surface area contributed by atoms with Gasteiger partial charge in [-0.2, -0.15) is 0 Å². The van der Waals surface area contributed by atoms with Gasteiger partial charge in [-0.1, -0.05) is 12.1 Å². The normalized spacial score (nSPS) is 10.9. The third-order valence-electron chi connectivity index (χ3n) is 2.21. The first-order chi connectivity index (χ1) is 8.76. The average molecular weight is 266 g/mol. The average Bonchev–Trinajstić information content (AvgIpc) is 2.24. The molecule has 0 heterocycles. The zero-order chi connectivity index (χ0) is 14.5. The lowest BCUT2D eigenvalue weighted by atomic mass is 10.1. The molecule has 0 aliphatic carbocycles. The Kier molecular flexibility index (Phi) is 5.03. The van der Waals surface area contributed by atoms with Crippen molar-refractivity contribution in [1.82, 2.24) is 10.6 Å². The Morgan fingerprint density at radius 1 is 1.21 bits per heavy atom. The maximum absolute atomic E-state index is 12.9. The Balaban J connectivity index is 2.38. The number of carbonyl (C=O) groups is 2. The molecule has 0 bridgehead atoms. The lowest BCUT2D eigenvalue weighted by molar-refractivity contribution is -0.126. The third-order valence-corrected chi connectivity index (χ3v) is 2.21. The van der Waals surface area contributed by atoms with Crippen molar-refractivity contribution >= 4 is 11.8 Å². The molecule has 0 unspecified atom stereocenters. The SMILES string of the molecule is CC(C)(C)NC(=O)CNC(=O)Cc1cccc(F)c1. The number of nitrogens with one attached hydrogen (secondary N) is 2. The van der Waals surface area contributed by atoms with E-state index in [1.807, 2.05) is 20.8 Å². The van der Waals surface area contributed by atoms with Crippen molar-refractivity contribution in [3.05, 3.63) is 35.6 Å². The summed E-state index contributed by atoms with van der Waals surface area (Å²) in [4.78, 5) is 23.1. The molecule has 1 rings (SSSR count). The highest BCUT2D eigenvalue weighted by Gasteiger charge is 2.14. The quantitative estimate of drug-likeness (QED) is 0.865. The van der Waals surface area contributed by atoms with Gasteiger partial charge in [0.2, 0.25) is 11.8 Å². The fourth-order valence-corrected chi connectivity index (χ4v) is 1.54. The monoisotopic (exact) mass is 266 g/mol. The van der Waals surface area contributed by atoms with Crippen LogP contribution in [-0.2, 0) is 16.0 Å². The summed E-state index contributed by atoms with van der Waals surface area (Å²) in [5, 5.41) is 5.23. The van der Waals surface area contributed by atoms with Gasteiger partial charge in [-0.3, -0.25) is 9.59 Å². The van der Waals surface area contributed by atoms with Crippen LogP contribution in [0.25, 0.3) is 0 Å². The highest BCUT2D eigenvalue weighted by Crippen LogP contribution is 2.04. The van der Waals surface area contributed by atoms with E-state index in [-0.39, 0.29) is 36.1 Å². The van der Waals surface area contributed by atoms with Crippen molar-refractivity contribution in [2.45, 2.75) is 32.7 Å². The summed E-state index contributed by atoms with van der Waals surface area (Å²) in [6, 6.07) is 5.83. The zero-order valence-electron chi connectivity index (χ0n) is 11.4. The number of halogens is 1. The number of rotatable bonds is 4. The van der Waals surface area contributed by atoms with Crippen LogP contribution in [0.2, 0.25) is 0 Å². The van der Waals surface area contributed by atoms with Gasteiger partial charge in [-0.05, 0) is 38.5 Å². The topological polar surface area (TPSA) is 58.2 Å². The molecule has 5 heteroatoms. The molecule has 0 saturated carbocycles. The Labute approximate surface area is 112 Å². The first-order valence-electron chi connectivity index (χ1n) is 6.08. The molecule has 0 radical (unpaired) electrons. The molecular weight excluding hydrogens is 247 g/mol. The van der Waals surface area contributed by atoms with Crippen molar-refractivity contribution in [3.8, 4) is 0 Å². The molecule has 0 spiro atoms. The molecule has 2 amide bonds. The maximum Gasteiger partial charge on any atom is 0.239 e. The van der Waals surface area contributed by atoms with Crippen LogP contribution in [-0.4, -0.2) is 23.9 Å². The van der Waals surface area contributed by atoms with E-state index in [1.54, 1.807) is 12.1 Å². The number of carbonyl (C=O) groups excluding carboxylic acids is 2. The van der Waals surface area contributed by atoms with E-state index in [0.717, 1.165) is 0 Å². The van der Waals surface area contributed by atoms with Gasteiger partial charge in [-0.15, -0.1) is 0 Å². The van der Waals surface area contributed by atoms with E-state index in [9.17, 15) is 14.0 Å². The first kappa shape index (κ1) is 15.1. The highest BCUT2D eigenvalue weighted by molar-refractivity contribution is 5.85. The Morgan fingerprint density at radius 3 is 2.47 bits per heavy atom. The van der Waals surface area contributed by atoms with Gasteiger partial charge >= 0.3 is 0 Å². The first-order valence-corrected chi connectivity index (χ1v) is 6.08. The van der Waals surface area contributed by atoms with Crippen LogP contribution in [0, 0.1) is 5.82 Å². The smallest absolute Gasteiger partial charge is 0.239 e. The number of benzene rings is 1. The molecule has 2 N–H and O–H groups in total. The van der Waals surface area contributed by atoms with Crippen molar-refractivity contribution in [2.75, 3.05) is 6.54 Å². The lowest BCUT2D eigenvalue weighted by Crippen LogP contribution is -2.46. The van der Waals surface area contributed by atoms with Crippen LogP contribution in [0.3, 0.4) is 0 Å². The molecule has 1 aromatic rings. The van der Waals surface area contributed by atoms with E-state index >= 15 is 0 Å². The number of amides is 2. The molecule has 0 aliphatic rings. The van der Waals surface area contributed by atoms with Gasteiger partial charge in [0.25, 0.3) is 0 Å². The van der Waals surface area contributed by atoms with E-state index in [4.69, 9.17) is 0 Å². The van der Waals surface area contributed by atoms with Crippen molar-refractivity contribution < 1.29 is 14.0 Å². The van der Waals surface area contributed by atoms with E-state index in [1.165, 1.54) is 12.1 Å². The second kappa shape index (κ2) is 6.31. The van der Waals surface area contributed by atoms with Crippen LogP contribution >= 0.6 is 0 Å². The molecule has 104 valence electrons. The Morgan fingerprint density at radius 2 is 1.89 bits per heavy atom. The fourth-order valence-electron chi connectivity index (χ4n) is 1.54. The van der Waals surface area contributed by atoms with Gasteiger partial charge in [0.15, 0.2) is 0 Å². The van der Waals surface area contributed by atoms with Gasteiger partial charge in [0.1, 0.15) is 5.82 Å². The zero-order valence-corrected chi connectivity index (χ0v) is 11.4. The summed E-state index contributed by atoms with van der Waals surface area (Å²) in [5.74, 6) is -0.939. The molecule has 19 heavy (non-hydrogen) atoms. The van der Waals surface area contributed by atoms with Gasteiger partial charge in [0, 0.05) is 5.54 Å². The molecular formula is C14H19FN2O2. The van der Waals surface area contributed by atoms with Crippen LogP contribution in [0.4, 0.5) is 4.39 Å². The molecule has 0 saturated heterocycles. The number of hydrogen-bond acceptors (Lipinski definition) is 2. The third kappa shape index (κ3) is 6.55. The minimum atomic E-state index is -0.379. The lowest BCUT2D eigenvalue weighted by Gasteiger charge is -2.20. The van der Waals surface area contributed by atoms with Crippen LogP contribution in [0.5, 0.6) is 0 Å². The fraction of sp³-hybridized carbons (Fsp3) is 0.429. The Bertz CT molecular complexity index is 467. The predicted molar refractivity (Wildman–Crippen MR) is 71.0 cm³/mol. The van der Waals surface area contributed by atoms with Gasteiger partial charge < -0.3 is 10.6 Å². The minimum Gasteiger partial charge on any atom is -0.350 e. The van der Waals surface area contributed by atoms with Crippen LogP contribution in [0.15, 0.2) is 24.3 Å². The molecule has 0 aliphatic heterocycles. The summed E-state index contributed by atoms with van der Waals surface area (Å²) >= 11 is 0. The minimum absolute atomic E-state index is 0.0561. The molecule has 0 atom stereocenters. The molecule has 0 aromatic heterocycles. The largest absolute Gasteiger partial charge is 0.350 e. The van der Waals surface area contributed by atoms with E-state index in [2.05, 4.69) is 10.6 Å². The molecule has 0 fully saturated rings. The van der Waals surface area contributed by atoms with Gasteiger partial charge in [0.05, 0.1) is 13.0 Å². The van der Waals surface area contributed by atoms with Crippen molar-refractivity contribution in [3.63, 3.8) is 0 Å². The molecule has 4 nitrogen and oxygen atoms in total. The van der Waals surface area contributed by atoms with Crippen molar-refractivity contribution in [1.29, 1.82) is 0 Å². The second-order valence-electron chi connectivity index (χ2n) is 5.38. The Hall–Kier alpha value is -1.91. The van der Waals surface area contributed by atoms with E-state index < -0.39 is 0 Å². The summed E-state index contributed by atoms with van der Waals surface area (Å²) in [5.41, 5.74) is 0.249. The van der Waals surface area contributed by atoms with Crippen LogP contribution in [0.1, 0.15) is 26.3 Å². The summed E-state index contributed by atoms with van der Waals surface area (Å²) in [6.07, 6.45) is 0.0561. The molecule has 1 aromatic carbocycles. The standard InChI is InChI=1S/C14H19FN2O2/c1-14(2,3)17-13(19)9-16-12(18)8-10-5-4-6-11(15)7-10/h4-7H,8-9H2,1-3H3,(H,16,18)(H,17,19). The van der Waals surface area contributed by atoms with Crippen molar-refractivity contribution in [2.24, 2.45) is 0 Å². The second-order valence-corrected chi connectivity index (χ2v) is 5.38.